The monoisotopic (exact) mass is 490 g/mol. The molecule has 1 aliphatic rings. The van der Waals surface area contributed by atoms with Gasteiger partial charge in [-0.05, 0) is 31.0 Å². The zero-order valence-electron chi connectivity index (χ0n) is 18.8. The Labute approximate surface area is 205 Å². The SMILES string of the molecule is O=C(Cn1nc2n(c1=O)CCCCC2)NNC(=O)c1cc(-c2ccccc2Cl)nc2ccccc12. The molecule has 3 heterocycles. The molecule has 0 saturated carbocycles. The number of hydrazine groups is 1. The Balaban J connectivity index is 1.35. The standard InChI is InChI=1S/C25H23ClN6O3/c26-19-10-5-3-9-17(19)21-14-18(16-8-4-6-11-20(16)27-21)24(34)29-28-23(33)15-32-25(35)31-13-7-1-2-12-22(31)30-32/h3-6,8-11,14H,1-2,7,12-13,15H2,(H,28,33)(H,29,34). The van der Waals surface area contributed by atoms with E-state index < -0.39 is 11.8 Å². The van der Waals surface area contributed by atoms with Gasteiger partial charge >= 0.3 is 5.69 Å². The first kappa shape index (κ1) is 22.8. The molecule has 0 fully saturated rings. The van der Waals surface area contributed by atoms with Crippen molar-refractivity contribution in [3.63, 3.8) is 0 Å². The highest BCUT2D eigenvalue weighted by Crippen LogP contribution is 2.29. The highest BCUT2D eigenvalue weighted by molar-refractivity contribution is 6.33. The normalized spacial score (nSPS) is 13.2. The van der Waals surface area contributed by atoms with Crippen molar-refractivity contribution in [2.45, 2.75) is 38.8 Å². The van der Waals surface area contributed by atoms with E-state index in [-0.39, 0.29) is 12.2 Å². The van der Waals surface area contributed by atoms with E-state index in [0.29, 0.717) is 51.5 Å². The highest BCUT2D eigenvalue weighted by Gasteiger charge is 2.19. The van der Waals surface area contributed by atoms with Crippen LogP contribution in [0.4, 0.5) is 0 Å². The third kappa shape index (κ3) is 4.67. The molecule has 2 aromatic heterocycles. The Hall–Kier alpha value is -3.98. The molecular weight excluding hydrogens is 468 g/mol. The molecule has 0 aliphatic carbocycles. The number of amides is 2. The number of benzene rings is 2. The van der Waals surface area contributed by atoms with Crippen molar-refractivity contribution < 1.29 is 9.59 Å². The van der Waals surface area contributed by atoms with E-state index in [1.54, 1.807) is 28.8 Å². The van der Waals surface area contributed by atoms with Crippen molar-refractivity contribution in [2.24, 2.45) is 0 Å². The van der Waals surface area contributed by atoms with Crippen LogP contribution in [0.1, 0.15) is 35.4 Å². The summed E-state index contributed by atoms with van der Waals surface area (Å²) in [6, 6.07) is 16.1. The third-order valence-electron chi connectivity index (χ3n) is 6.00. The lowest BCUT2D eigenvalue weighted by molar-refractivity contribution is -0.122. The maximum Gasteiger partial charge on any atom is 0.346 e. The lowest BCUT2D eigenvalue weighted by Crippen LogP contribution is -2.44. The van der Waals surface area contributed by atoms with Crippen LogP contribution in [0.3, 0.4) is 0 Å². The average molecular weight is 491 g/mol. The first-order valence-electron chi connectivity index (χ1n) is 11.4. The van der Waals surface area contributed by atoms with Crippen molar-refractivity contribution >= 4 is 34.3 Å². The van der Waals surface area contributed by atoms with Gasteiger partial charge in [0.2, 0.25) is 0 Å². The van der Waals surface area contributed by atoms with Crippen LogP contribution < -0.4 is 16.5 Å². The van der Waals surface area contributed by atoms with Gasteiger partial charge in [0, 0.05) is 28.9 Å². The molecule has 2 amide bonds. The van der Waals surface area contributed by atoms with Gasteiger partial charge in [0.1, 0.15) is 12.4 Å². The summed E-state index contributed by atoms with van der Waals surface area (Å²) in [5, 5.41) is 5.44. The summed E-state index contributed by atoms with van der Waals surface area (Å²) in [4.78, 5) is 42.8. The molecule has 1 aliphatic heterocycles. The third-order valence-corrected chi connectivity index (χ3v) is 6.33. The van der Waals surface area contributed by atoms with Gasteiger partial charge < -0.3 is 0 Å². The molecule has 0 unspecified atom stereocenters. The lowest BCUT2D eigenvalue weighted by atomic mass is 10.0. The Kier molecular flexibility index (Phi) is 6.33. The fourth-order valence-electron chi connectivity index (χ4n) is 4.27. The average Bonchev–Trinajstić information content (AvgIpc) is 3.01. The number of fused-ring (bicyclic) bond motifs is 2. The van der Waals surface area contributed by atoms with E-state index in [2.05, 4.69) is 20.9 Å². The van der Waals surface area contributed by atoms with Crippen LogP contribution >= 0.6 is 11.6 Å². The quantitative estimate of drug-likeness (QED) is 0.427. The zero-order valence-corrected chi connectivity index (χ0v) is 19.6. The van der Waals surface area contributed by atoms with E-state index in [0.717, 1.165) is 23.9 Å². The number of aryl methyl sites for hydroxylation is 1. The second-order valence-electron chi connectivity index (χ2n) is 8.37. The second kappa shape index (κ2) is 9.71. The van der Waals surface area contributed by atoms with Gasteiger partial charge in [-0.15, -0.1) is 0 Å². The summed E-state index contributed by atoms with van der Waals surface area (Å²) < 4.78 is 2.76. The fraction of sp³-hybridized carbons (Fsp3) is 0.240. The minimum absolute atomic E-state index is 0.291. The topological polar surface area (TPSA) is 111 Å². The Morgan fingerprint density at radius 2 is 1.80 bits per heavy atom. The number of nitrogens with zero attached hydrogens (tertiary/aromatic N) is 4. The molecule has 9 nitrogen and oxygen atoms in total. The van der Waals surface area contributed by atoms with Gasteiger partial charge in [-0.1, -0.05) is 54.4 Å². The van der Waals surface area contributed by atoms with Crippen LogP contribution in [0.5, 0.6) is 0 Å². The molecule has 0 saturated heterocycles. The molecule has 0 radical (unpaired) electrons. The number of hydrogen-bond acceptors (Lipinski definition) is 5. The molecule has 10 heteroatoms. The first-order valence-corrected chi connectivity index (χ1v) is 11.8. The molecule has 0 atom stereocenters. The van der Waals surface area contributed by atoms with Gasteiger partial charge in [-0.2, -0.15) is 5.10 Å². The summed E-state index contributed by atoms with van der Waals surface area (Å²) in [6.07, 6.45) is 3.65. The number of rotatable bonds is 4. The van der Waals surface area contributed by atoms with Crippen LogP contribution in [0.15, 0.2) is 59.4 Å². The van der Waals surface area contributed by atoms with Gasteiger partial charge in [0.05, 0.1) is 16.8 Å². The van der Waals surface area contributed by atoms with E-state index in [1.807, 2.05) is 30.3 Å². The largest absolute Gasteiger partial charge is 0.346 e. The van der Waals surface area contributed by atoms with E-state index in [9.17, 15) is 14.4 Å². The molecule has 4 aromatic rings. The maximum absolute atomic E-state index is 13.1. The Bertz CT molecular complexity index is 1490. The van der Waals surface area contributed by atoms with Crippen molar-refractivity contribution in [2.75, 3.05) is 0 Å². The number of carbonyl (C=O) groups is 2. The zero-order chi connectivity index (χ0) is 24.4. The summed E-state index contributed by atoms with van der Waals surface area (Å²) in [7, 11) is 0. The Morgan fingerprint density at radius 1 is 1.00 bits per heavy atom. The lowest BCUT2D eigenvalue weighted by Gasteiger charge is -2.12. The van der Waals surface area contributed by atoms with Gasteiger partial charge in [-0.3, -0.25) is 25.0 Å². The molecule has 0 bridgehead atoms. The van der Waals surface area contributed by atoms with E-state index in [1.165, 1.54) is 0 Å². The smallest absolute Gasteiger partial charge is 0.279 e. The van der Waals surface area contributed by atoms with Crippen LogP contribution in [0.25, 0.3) is 22.2 Å². The minimum Gasteiger partial charge on any atom is -0.279 e. The Morgan fingerprint density at radius 3 is 2.66 bits per heavy atom. The molecule has 0 spiro atoms. The number of para-hydroxylation sites is 1. The number of hydrogen-bond donors (Lipinski definition) is 2. The van der Waals surface area contributed by atoms with Crippen LogP contribution in [-0.4, -0.2) is 31.1 Å². The van der Waals surface area contributed by atoms with Gasteiger partial charge in [0.15, 0.2) is 0 Å². The molecule has 178 valence electrons. The maximum atomic E-state index is 13.1. The van der Waals surface area contributed by atoms with Crippen LogP contribution in [0.2, 0.25) is 5.02 Å². The molecule has 35 heavy (non-hydrogen) atoms. The fourth-order valence-corrected chi connectivity index (χ4v) is 4.50. The number of nitrogens with one attached hydrogen (secondary N) is 2. The summed E-state index contributed by atoms with van der Waals surface area (Å²) in [6.45, 7) is 0.316. The molecule has 2 N–H and O–H groups in total. The number of pyridine rings is 1. The van der Waals surface area contributed by atoms with E-state index >= 15 is 0 Å². The van der Waals surface area contributed by atoms with Crippen molar-refractivity contribution in [3.05, 3.63) is 81.5 Å². The number of carbonyl (C=O) groups excluding carboxylic acids is 2. The van der Waals surface area contributed by atoms with Gasteiger partial charge in [-0.25, -0.2) is 14.5 Å². The van der Waals surface area contributed by atoms with Gasteiger partial charge in [0.25, 0.3) is 11.8 Å². The van der Waals surface area contributed by atoms with Crippen LogP contribution in [0, 0.1) is 0 Å². The van der Waals surface area contributed by atoms with E-state index in [4.69, 9.17) is 11.6 Å². The minimum atomic E-state index is -0.557. The second-order valence-corrected chi connectivity index (χ2v) is 8.78. The summed E-state index contributed by atoms with van der Waals surface area (Å²) in [5.41, 5.74) is 6.70. The first-order chi connectivity index (χ1) is 17.0. The summed E-state index contributed by atoms with van der Waals surface area (Å²) >= 11 is 6.35. The molecule has 2 aromatic carbocycles. The predicted octanol–water partition coefficient (Wildman–Crippen LogP) is 3.10. The number of aromatic nitrogens is 4. The summed E-state index contributed by atoms with van der Waals surface area (Å²) in [5.74, 6) is -0.378. The van der Waals surface area contributed by atoms with Crippen molar-refractivity contribution in [1.29, 1.82) is 0 Å². The van der Waals surface area contributed by atoms with Crippen molar-refractivity contribution in [3.8, 4) is 11.3 Å². The van der Waals surface area contributed by atoms with Crippen LogP contribution in [-0.2, 0) is 24.3 Å². The number of halogens is 1. The highest BCUT2D eigenvalue weighted by atomic mass is 35.5. The molecular formula is C25H23ClN6O3. The molecule has 5 rings (SSSR count). The van der Waals surface area contributed by atoms with Crippen molar-refractivity contribution in [1.82, 2.24) is 30.2 Å². The predicted molar refractivity (Wildman–Crippen MR) is 132 cm³/mol.